The van der Waals surface area contributed by atoms with E-state index in [2.05, 4.69) is 37.7 Å². The van der Waals surface area contributed by atoms with E-state index in [1.165, 1.54) is 13.3 Å². The largest absolute Gasteiger partial charge is 0.497 e. The molecule has 1 atom stereocenters. The molecule has 0 saturated carbocycles. The number of hydrogen-bond donors (Lipinski definition) is 3. The predicted octanol–water partition coefficient (Wildman–Crippen LogP) is 1.40. The Kier molecular flexibility index (Phi) is 7.40. The molecule has 1 aliphatic heterocycles. The number of fused-ring (bicyclic) bond motifs is 1. The van der Waals surface area contributed by atoms with Gasteiger partial charge in [-0.15, -0.1) is 5.10 Å². The van der Waals surface area contributed by atoms with Gasteiger partial charge in [0.1, 0.15) is 17.5 Å². The van der Waals surface area contributed by atoms with Crippen LogP contribution in [0.4, 0.5) is 10.8 Å². The predicted molar refractivity (Wildman–Crippen MR) is 128 cm³/mol. The van der Waals surface area contributed by atoms with Crippen LogP contribution < -0.4 is 20.7 Å². The van der Waals surface area contributed by atoms with Crippen LogP contribution in [0.5, 0.6) is 5.75 Å². The standard InChI is InChI=1S/C24H23N7O5/c1-3-25-24-30-29-21(36-24)20-9-5-15(11-26-20)4-7-17(28-23(34)27-14-32)13-31-12-16-6-8-18(35-2)10-19(16)22(31)33/h5-6,8-11,14,17H,3,12-13H2,1-2H3,(H,25,30)(H2,27,28,32,34)/t17-/m1/s1. The Bertz CT molecular complexity index is 1330. The summed E-state index contributed by atoms with van der Waals surface area (Å²) in [4.78, 5) is 41.4. The second kappa shape index (κ2) is 11.0. The van der Waals surface area contributed by atoms with Crippen molar-refractivity contribution >= 4 is 24.4 Å². The van der Waals surface area contributed by atoms with E-state index in [0.29, 0.717) is 41.7 Å². The molecular formula is C24H23N7O5. The highest BCUT2D eigenvalue weighted by Crippen LogP contribution is 2.26. The number of imide groups is 1. The smallest absolute Gasteiger partial charge is 0.322 e. The van der Waals surface area contributed by atoms with E-state index >= 15 is 0 Å². The number of methoxy groups -OCH3 is 1. The zero-order chi connectivity index (χ0) is 25.5. The third-order valence-corrected chi connectivity index (χ3v) is 5.22. The fourth-order valence-corrected chi connectivity index (χ4v) is 3.53. The van der Waals surface area contributed by atoms with Crippen molar-refractivity contribution in [2.45, 2.75) is 19.5 Å². The average molecular weight is 489 g/mol. The molecule has 0 bridgehead atoms. The lowest BCUT2D eigenvalue weighted by Crippen LogP contribution is -2.46. The molecule has 0 aliphatic carbocycles. The lowest BCUT2D eigenvalue weighted by molar-refractivity contribution is -0.108. The van der Waals surface area contributed by atoms with E-state index in [-0.39, 0.29) is 24.8 Å². The van der Waals surface area contributed by atoms with Gasteiger partial charge in [-0.3, -0.25) is 14.9 Å². The van der Waals surface area contributed by atoms with E-state index in [4.69, 9.17) is 9.15 Å². The van der Waals surface area contributed by atoms with E-state index in [0.717, 1.165) is 5.56 Å². The lowest BCUT2D eigenvalue weighted by Gasteiger charge is -2.21. The molecule has 0 radical (unpaired) electrons. The Labute approximate surface area is 206 Å². The highest BCUT2D eigenvalue weighted by Gasteiger charge is 2.29. The number of rotatable bonds is 8. The summed E-state index contributed by atoms with van der Waals surface area (Å²) in [5.41, 5.74) is 2.43. The van der Waals surface area contributed by atoms with E-state index < -0.39 is 12.1 Å². The fraction of sp³-hybridized carbons (Fsp3) is 0.250. The minimum Gasteiger partial charge on any atom is -0.497 e. The molecule has 3 aromatic rings. The van der Waals surface area contributed by atoms with Crippen molar-refractivity contribution in [3.05, 3.63) is 53.2 Å². The highest BCUT2D eigenvalue weighted by molar-refractivity contribution is 5.98. The van der Waals surface area contributed by atoms with Gasteiger partial charge in [-0.2, -0.15) is 0 Å². The lowest BCUT2D eigenvalue weighted by atomic mass is 10.1. The van der Waals surface area contributed by atoms with Gasteiger partial charge in [0.25, 0.3) is 11.8 Å². The van der Waals surface area contributed by atoms with Crippen LogP contribution in [0.3, 0.4) is 0 Å². The molecule has 12 nitrogen and oxygen atoms in total. The van der Waals surface area contributed by atoms with Crippen LogP contribution in [-0.4, -0.2) is 64.7 Å². The molecule has 4 amide bonds. The number of pyridine rings is 1. The van der Waals surface area contributed by atoms with Crippen LogP contribution >= 0.6 is 0 Å². The van der Waals surface area contributed by atoms with Crippen LogP contribution in [-0.2, 0) is 11.3 Å². The number of aromatic nitrogens is 3. The zero-order valence-corrected chi connectivity index (χ0v) is 19.6. The van der Waals surface area contributed by atoms with Gasteiger partial charge in [-0.25, -0.2) is 9.78 Å². The second-order valence-corrected chi connectivity index (χ2v) is 7.64. The summed E-state index contributed by atoms with van der Waals surface area (Å²) in [6.07, 6.45) is 1.80. The number of ether oxygens (including phenoxy) is 1. The summed E-state index contributed by atoms with van der Waals surface area (Å²) in [5, 5.41) is 15.4. The summed E-state index contributed by atoms with van der Waals surface area (Å²) in [6.45, 7) is 3.03. The van der Waals surface area contributed by atoms with Gasteiger partial charge < -0.3 is 24.7 Å². The van der Waals surface area contributed by atoms with Crippen molar-refractivity contribution in [2.75, 3.05) is 25.5 Å². The van der Waals surface area contributed by atoms with Gasteiger partial charge in [0.2, 0.25) is 6.41 Å². The summed E-state index contributed by atoms with van der Waals surface area (Å²) in [6, 6.07) is 7.52. The van der Waals surface area contributed by atoms with E-state index in [1.807, 2.05) is 18.3 Å². The summed E-state index contributed by atoms with van der Waals surface area (Å²) in [5.74, 6) is 6.54. The maximum Gasteiger partial charge on any atom is 0.322 e. The zero-order valence-electron chi connectivity index (χ0n) is 19.6. The number of benzene rings is 1. The highest BCUT2D eigenvalue weighted by atomic mass is 16.5. The molecule has 3 heterocycles. The van der Waals surface area contributed by atoms with Gasteiger partial charge >= 0.3 is 12.0 Å². The number of amides is 4. The molecule has 1 aromatic carbocycles. The van der Waals surface area contributed by atoms with Crippen molar-refractivity contribution in [1.29, 1.82) is 0 Å². The average Bonchev–Trinajstić information content (AvgIpc) is 3.47. The first-order valence-corrected chi connectivity index (χ1v) is 11.0. The van der Waals surface area contributed by atoms with E-state index in [9.17, 15) is 14.4 Å². The number of hydrogen-bond acceptors (Lipinski definition) is 9. The molecule has 0 unspecified atom stereocenters. The van der Waals surface area contributed by atoms with Crippen molar-refractivity contribution < 1.29 is 23.5 Å². The molecule has 3 N–H and O–H groups in total. The molecule has 2 aromatic heterocycles. The third kappa shape index (κ3) is 5.58. The molecule has 12 heteroatoms. The number of nitrogens with one attached hydrogen (secondary N) is 3. The van der Waals surface area contributed by atoms with Gasteiger partial charge in [-0.05, 0) is 36.8 Å². The minimum atomic E-state index is -0.761. The topological polar surface area (TPSA) is 152 Å². The van der Waals surface area contributed by atoms with E-state index in [1.54, 1.807) is 29.2 Å². The molecule has 4 rings (SSSR count). The molecule has 0 saturated heterocycles. The summed E-state index contributed by atoms with van der Waals surface area (Å²) >= 11 is 0. The number of carbonyl (C=O) groups is 3. The Hall–Kier alpha value is -4.92. The normalized spacial score (nSPS) is 12.7. The fourth-order valence-electron chi connectivity index (χ4n) is 3.53. The van der Waals surface area contributed by atoms with Crippen molar-refractivity contribution in [1.82, 2.24) is 30.7 Å². The Morgan fingerprint density at radius 1 is 1.31 bits per heavy atom. The first-order valence-electron chi connectivity index (χ1n) is 11.0. The quantitative estimate of drug-likeness (QED) is 0.315. The van der Waals surface area contributed by atoms with Crippen LogP contribution in [0.15, 0.2) is 40.9 Å². The van der Waals surface area contributed by atoms with Crippen LogP contribution in [0, 0.1) is 11.8 Å². The maximum atomic E-state index is 12.9. The summed E-state index contributed by atoms with van der Waals surface area (Å²) < 4.78 is 10.7. The number of nitrogens with zero attached hydrogens (tertiary/aromatic N) is 4. The molecule has 1 aliphatic rings. The number of anilines is 1. The maximum absolute atomic E-state index is 12.9. The Morgan fingerprint density at radius 3 is 2.89 bits per heavy atom. The van der Waals surface area contributed by atoms with Gasteiger partial charge in [0.05, 0.1) is 13.7 Å². The number of urea groups is 1. The monoisotopic (exact) mass is 489 g/mol. The SMILES string of the molecule is CCNc1nnc(-c2ccc(C#C[C@H](CN3Cc4ccc(OC)cc4C3=O)NC(=O)NC=O)cn2)o1. The van der Waals surface area contributed by atoms with Crippen LogP contribution in [0.2, 0.25) is 0 Å². The first kappa shape index (κ1) is 24.2. The van der Waals surface area contributed by atoms with Gasteiger partial charge in [0.15, 0.2) is 0 Å². The Balaban J connectivity index is 1.49. The van der Waals surface area contributed by atoms with Crippen molar-refractivity contribution in [2.24, 2.45) is 0 Å². The van der Waals surface area contributed by atoms with Crippen molar-refractivity contribution in [3.63, 3.8) is 0 Å². The van der Waals surface area contributed by atoms with Gasteiger partial charge in [0, 0.05) is 30.4 Å². The molecule has 0 fully saturated rings. The number of carbonyl (C=O) groups excluding carboxylic acids is 3. The van der Waals surface area contributed by atoms with Crippen LogP contribution in [0.25, 0.3) is 11.6 Å². The molecular weight excluding hydrogens is 466 g/mol. The molecule has 36 heavy (non-hydrogen) atoms. The second-order valence-electron chi connectivity index (χ2n) is 7.64. The first-order chi connectivity index (χ1) is 17.5. The molecule has 0 spiro atoms. The minimum absolute atomic E-state index is 0.107. The van der Waals surface area contributed by atoms with Crippen LogP contribution in [0.1, 0.15) is 28.4 Å². The van der Waals surface area contributed by atoms with Crippen molar-refractivity contribution in [3.8, 4) is 29.2 Å². The summed E-state index contributed by atoms with van der Waals surface area (Å²) in [7, 11) is 1.53. The Morgan fingerprint density at radius 2 is 2.17 bits per heavy atom. The third-order valence-electron chi connectivity index (χ3n) is 5.22. The molecule has 184 valence electrons. The van der Waals surface area contributed by atoms with Gasteiger partial charge in [-0.1, -0.05) is 23.0 Å².